The highest BCUT2D eigenvalue weighted by Crippen LogP contribution is 2.04. The molecule has 0 aliphatic heterocycles. The highest BCUT2D eigenvalue weighted by atomic mass is 79.9. The van der Waals surface area contributed by atoms with Gasteiger partial charge >= 0.3 is 6.03 Å². The zero-order valence-corrected chi connectivity index (χ0v) is 10.5. The molecule has 0 aromatic carbocycles. The quantitative estimate of drug-likeness (QED) is 0.781. The summed E-state index contributed by atoms with van der Waals surface area (Å²) in [6, 6.07) is 2.61. The summed E-state index contributed by atoms with van der Waals surface area (Å²) in [6.45, 7) is 0.0540. The summed E-state index contributed by atoms with van der Waals surface area (Å²) >= 11 is 3.20. The Balaban J connectivity index is 2.77. The van der Waals surface area contributed by atoms with Gasteiger partial charge in [0.1, 0.15) is 5.49 Å². The number of hydrogen-bond donors (Lipinski definition) is 3. The van der Waals surface area contributed by atoms with Crippen molar-refractivity contribution in [3.63, 3.8) is 0 Å². The lowest BCUT2D eigenvalue weighted by atomic mass is 10.3. The third kappa shape index (κ3) is 3.79. The average Bonchev–Trinajstić information content (AvgIpc) is 2.33. The van der Waals surface area contributed by atoms with E-state index in [1.807, 2.05) is 0 Å². The van der Waals surface area contributed by atoms with E-state index in [0.717, 1.165) is 4.57 Å². The predicted molar refractivity (Wildman–Crippen MR) is 65.0 cm³/mol. The molecule has 1 aromatic rings. The van der Waals surface area contributed by atoms with Crippen LogP contribution in [0.25, 0.3) is 0 Å². The largest absolute Gasteiger partial charge is 0.333 e. The molecule has 0 fully saturated rings. The van der Waals surface area contributed by atoms with Gasteiger partial charge in [0.05, 0.1) is 6.33 Å². The van der Waals surface area contributed by atoms with Crippen molar-refractivity contribution in [3.8, 4) is 0 Å². The van der Waals surface area contributed by atoms with Crippen LogP contribution in [0.4, 0.5) is 9.18 Å². The molecular formula is C10H12BrFN4O. The highest BCUT2D eigenvalue weighted by Gasteiger charge is 2.05. The number of carbonyl (C=O) groups is 1. The fourth-order valence-corrected chi connectivity index (χ4v) is 1.41. The lowest BCUT2D eigenvalue weighted by Gasteiger charge is -2.09. The second-order valence-electron chi connectivity index (χ2n) is 3.23. The number of carbonyl (C=O) groups excluding carboxylic acids is 1. The average molecular weight is 303 g/mol. The Hall–Kier alpha value is -1.47. The molecule has 5 nitrogen and oxygen atoms in total. The van der Waals surface area contributed by atoms with Gasteiger partial charge in [-0.1, -0.05) is 0 Å². The first-order valence-corrected chi connectivity index (χ1v) is 5.57. The smallest absolute Gasteiger partial charge is 0.327 e. The molecule has 1 amide bonds. The summed E-state index contributed by atoms with van der Waals surface area (Å²) in [5.41, 5.74) is 5.56. The molecule has 0 atom stereocenters. The minimum Gasteiger partial charge on any atom is -0.333 e. The van der Waals surface area contributed by atoms with Gasteiger partial charge in [-0.15, -0.1) is 0 Å². The number of aromatic nitrogens is 1. The molecule has 0 aliphatic carbocycles. The summed E-state index contributed by atoms with van der Waals surface area (Å²) in [5.74, 6) is 0. The van der Waals surface area contributed by atoms with E-state index in [2.05, 4.69) is 21.2 Å². The fraction of sp³-hybridized carbons (Fsp3) is 0.200. The normalized spacial score (nSPS) is 11.4. The predicted octanol–water partition coefficient (Wildman–Crippen LogP) is 1.10. The van der Waals surface area contributed by atoms with E-state index in [0.29, 0.717) is 10.8 Å². The lowest BCUT2D eigenvalue weighted by Crippen LogP contribution is -2.37. The first-order chi connectivity index (χ1) is 8.08. The van der Waals surface area contributed by atoms with Crippen molar-refractivity contribution in [1.29, 1.82) is 5.41 Å². The van der Waals surface area contributed by atoms with Crippen LogP contribution < -0.4 is 16.5 Å². The molecule has 0 radical (unpaired) electrons. The summed E-state index contributed by atoms with van der Waals surface area (Å²) in [5, 5.41) is 10.0. The van der Waals surface area contributed by atoms with Crippen LogP contribution in [0.15, 0.2) is 34.7 Å². The van der Waals surface area contributed by atoms with Crippen molar-refractivity contribution in [2.24, 2.45) is 5.73 Å². The van der Waals surface area contributed by atoms with E-state index in [1.54, 1.807) is 6.07 Å². The Morgan fingerprint density at radius 2 is 2.35 bits per heavy atom. The molecule has 0 aliphatic rings. The van der Waals surface area contributed by atoms with Gasteiger partial charge < -0.3 is 11.1 Å². The van der Waals surface area contributed by atoms with Crippen molar-refractivity contribution in [2.75, 3.05) is 13.1 Å². The second-order valence-corrected chi connectivity index (χ2v) is 4.15. The van der Waals surface area contributed by atoms with Crippen molar-refractivity contribution in [2.45, 2.75) is 0 Å². The van der Waals surface area contributed by atoms with Crippen molar-refractivity contribution >= 4 is 22.0 Å². The van der Waals surface area contributed by atoms with Gasteiger partial charge in [-0.2, -0.15) is 0 Å². The molecular weight excluding hydrogens is 291 g/mol. The Kier molecular flexibility index (Phi) is 5.05. The number of nitrogens with zero attached hydrogens (tertiary/aromatic N) is 1. The van der Waals surface area contributed by atoms with Crippen LogP contribution in [0.3, 0.4) is 0 Å². The molecule has 1 heterocycles. The van der Waals surface area contributed by atoms with E-state index in [9.17, 15) is 9.18 Å². The maximum atomic E-state index is 12.2. The summed E-state index contributed by atoms with van der Waals surface area (Å²) in [4.78, 5) is 11.7. The van der Waals surface area contributed by atoms with Crippen molar-refractivity contribution in [1.82, 2.24) is 9.88 Å². The number of nitrogens with one attached hydrogen (secondary N) is 2. The zero-order chi connectivity index (χ0) is 12.8. The van der Waals surface area contributed by atoms with E-state index in [-0.39, 0.29) is 24.2 Å². The highest BCUT2D eigenvalue weighted by molar-refractivity contribution is 9.10. The zero-order valence-electron chi connectivity index (χ0n) is 8.91. The Labute approximate surface area is 106 Å². The molecule has 4 N–H and O–H groups in total. The van der Waals surface area contributed by atoms with Crippen molar-refractivity contribution < 1.29 is 9.18 Å². The lowest BCUT2D eigenvalue weighted by molar-refractivity contribution is 0.242. The standard InChI is InChI=1S/C10H12BrFN4O/c11-8-1-2-9(14)16(6-8)10(17)15-5-7(3-12)4-13/h1-3,6,14H,4-5,13H2,(H,15,17)/b7-3+,14-9?. The Morgan fingerprint density at radius 1 is 1.65 bits per heavy atom. The number of halogens is 2. The number of amides is 1. The van der Waals surface area contributed by atoms with Gasteiger partial charge in [-0.25, -0.2) is 9.18 Å². The maximum absolute atomic E-state index is 12.2. The SMILES string of the molecule is N=c1ccc(Br)cn1C(=O)NC/C(=C/F)CN. The van der Waals surface area contributed by atoms with Crippen molar-refractivity contribution in [3.05, 3.63) is 40.2 Å². The van der Waals surface area contributed by atoms with E-state index >= 15 is 0 Å². The van der Waals surface area contributed by atoms with Crippen LogP contribution in [0.2, 0.25) is 0 Å². The molecule has 7 heteroatoms. The molecule has 0 spiro atoms. The van der Waals surface area contributed by atoms with Gasteiger partial charge in [0, 0.05) is 23.8 Å². The van der Waals surface area contributed by atoms with Crippen LogP contribution in [-0.4, -0.2) is 23.7 Å². The van der Waals surface area contributed by atoms with Gasteiger partial charge in [-0.05, 0) is 33.6 Å². The molecule has 1 aromatic heterocycles. The first-order valence-electron chi connectivity index (χ1n) is 4.77. The van der Waals surface area contributed by atoms with Gasteiger partial charge in [0.2, 0.25) is 0 Å². The fourth-order valence-electron chi connectivity index (χ4n) is 1.07. The molecule has 0 saturated carbocycles. The number of rotatable bonds is 3. The van der Waals surface area contributed by atoms with Gasteiger partial charge in [-0.3, -0.25) is 9.98 Å². The summed E-state index contributed by atoms with van der Waals surface area (Å²) < 4.78 is 14.0. The van der Waals surface area contributed by atoms with Crippen LogP contribution >= 0.6 is 15.9 Å². The van der Waals surface area contributed by atoms with E-state index in [1.165, 1.54) is 12.3 Å². The number of nitrogens with two attached hydrogens (primary N) is 1. The Bertz CT molecular complexity index is 497. The molecule has 1 rings (SSSR count). The third-order valence-corrected chi connectivity index (χ3v) is 2.48. The molecule has 0 unspecified atom stereocenters. The van der Waals surface area contributed by atoms with E-state index in [4.69, 9.17) is 11.1 Å². The molecule has 0 bridgehead atoms. The van der Waals surface area contributed by atoms with Gasteiger partial charge in [0.25, 0.3) is 0 Å². The monoisotopic (exact) mass is 302 g/mol. The van der Waals surface area contributed by atoms with Crippen LogP contribution in [0.5, 0.6) is 0 Å². The van der Waals surface area contributed by atoms with Crippen LogP contribution in [-0.2, 0) is 0 Å². The van der Waals surface area contributed by atoms with Crippen LogP contribution in [0, 0.1) is 5.41 Å². The minimum absolute atomic E-state index is 0.0186. The first kappa shape index (κ1) is 13.6. The van der Waals surface area contributed by atoms with Gasteiger partial charge in [0.15, 0.2) is 0 Å². The molecule has 92 valence electrons. The maximum Gasteiger partial charge on any atom is 0.327 e. The second kappa shape index (κ2) is 6.31. The Morgan fingerprint density at radius 3 is 2.94 bits per heavy atom. The van der Waals surface area contributed by atoms with E-state index < -0.39 is 6.03 Å². The minimum atomic E-state index is -0.510. The molecule has 0 saturated heterocycles. The number of pyridine rings is 1. The summed E-state index contributed by atoms with van der Waals surface area (Å²) in [7, 11) is 0. The van der Waals surface area contributed by atoms with Crippen LogP contribution in [0.1, 0.15) is 0 Å². The number of hydrogen-bond acceptors (Lipinski definition) is 3. The third-order valence-electron chi connectivity index (χ3n) is 2.01. The molecule has 17 heavy (non-hydrogen) atoms. The summed E-state index contributed by atoms with van der Waals surface area (Å²) in [6.07, 6.45) is 1.83. The topological polar surface area (TPSA) is 83.9 Å².